The Morgan fingerprint density at radius 2 is 2.20 bits per heavy atom. The molecule has 0 aliphatic carbocycles. The summed E-state index contributed by atoms with van der Waals surface area (Å²) in [6.45, 7) is 3.47. The highest BCUT2D eigenvalue weighted by molar-refractivity contribution is 5.99. The van der Waals surface area contributed by atoms with Crippen LogP contribution in [-0.2, 0) is 0 Å². The molecule has 8 nitrogen and oxygen atoms in total. The number of hydrogen-bond donors (Lipinski definition) is 5. The standard InChI is InChI=1S/C12H15N5O3/c1-6-5-8(9(15-6)11(18)19)17-12(20)16-7(2)10-13-3-4-14-10/h3-5,7,15H,1-2H3,(H,13,14)(H,18,19)(H2,16,17,20). The lowest BCUT2D eigenvalue weighted by molar-refractivity contribution is 0.0692. The summed E-state index contributed by atoms with van der Waals surface area (Å²) in [6, 6.07) is 0.731. The molecule has 0 aromatic carbocycles. The summed E-state index contributed by atoms with van der Waals surface area (Å²) in [7, 11) is 0. The molecule has 1 unspecified atom stereocenters. The number of aromatic nitrogens is 3. The van der Waals surface area contributed by atoms with Crippen molar-refractivity contribution in [3.63, 3.8) is 0 Å². The molecule has 20 heavy (non-hydrogen) atoms. The van der Waals surface area contributed by atoms with Crippen LogP contribution in [0.15, 0.2) is 18.5 Å². The van der Waals surface area contributed by atoms with Crippen molar-refractivity contribution in [2.45, 2.75) is 19.9 Å². The van der Waals surface area contributed by atoms with Gasteiger partial charge in [-0.25, -0.2) is 14.6 Å². The largest absolute Gasteiger partial charge is 0.477 e. The Labute approximate surface area is 114 Å². The number of aromatic amines is 2. The molecule has 106 valence electrons. The minimum Gasteiger partial charge on any atom is -0.477 e. The van der Waals surface area contributed by atoms with E-state index >= 15 is 0 Å². The second-order valence-corrected chi connectivity index (χ2v) is 4.34. The summed E-state index contributed by atoms with van der Waals surface area (Å²) in [5, 5.41) is 14.2. The van der Waals surface area contributed by atoms with Gasteiger partial charge in [0.15, 0.2) is 0 Å². The van der Waals surface area contributed by atoms with Crippen molar-refractivity contribution >= 4 is 17.7 Å². The number of H-pyrrole nitrogens is 2. The van der Waals surface area contributed by atoms with Crippen molar-refractivity contribution < 1.29 is 14.7 Å². The summed E-state index contributed by atoms with van der Waals surface area (Å²) in [5.74, 6) is -0.517. The van der Waals surface area contributed by atoms with Crippen LogP contribution in [0.5, 0.6) is 0 Å². The van der Waals surface area contributed by atoms with Gasteiger partial charge in [-0.3, -0.25) is 0 Å². The van der Waals surface area contributed by atoms with Crippen molar-refractivity contribution in [3.8, 4) is 0 Å². The first-order valence-corrected chi connectivity index (χ1v) is 5.97. The second-order valence-electron chi connectivity index (χ2n) is 4.34. The van der Waals surface area contributed by atoms with Gasteiger partial charge in [-0.1, -0.05) is 0 Å². The SMILES string of the molecule is Cc1cc(NC(=O)NC(C)c2ncc[nH]2)c(C(=O)O)[nH]1. The quantitative estimate of drug-likeness (QED) is 0.582. The Balaban J connectivity index is 2.03. The molecular formula is C12H15N5O3. The summed E-state index contributed by atoms with van der Waals surface area (Å²) in [6.07, 6.45) is 3.24. The molecule has 0 bridgehead atoms. The van der Waals surface area contributed by atoms with Gasteiger partial charge in [0, 0.05) is 18.1 Å². The van der Waals surface area contributed by atoms with Gasteiger partial charge >= 0.3 is 12.0 Å². The third-order valence-corrected chi connectivity index (χ3v) is 2.69. The van der Waals surface area contributed by atoms with E-state index in [1.165, 1.54) is 0 Å². The predicted octanol–water partition coefficient (Wildman–Crippen LogP) is 1.63. The lowest BCUT2D eigenvalue weighted by atomic mass is 10.3. The number of carbonyl (C=O) groups is 2. The van der Waals surface area contributed by atoms with Gasteiger partial charge in [0.2, 0.25) is 0 Å². The third-order valence-electron chi connectivity index (χ3n) is 2.69. The topological polar surface area (TPSA) is 123 Å². The highest BCUT2D eigenvalue weighted by Gasteiger charge is 2.17. The Kier molecular flexibility index (Phi) is 3.74. The van der Waals surface area contributed by atoms with E-state index in [1.807, 2.05) is 0 Å². The van der Waals surface area contributed by atoms with Crippen LogP contribution >= 0.6 is 0 Å². The van der Waals surface area contributed by atoms with Crippen molar-refractivity contribution in [1.29, 1.82) is 0 Å². The fourth-order valence-electron chi connectivity index (χ4n) is 1.79. The van der Waals surface area contributed by atoms with E-state index in [4.69, 9.17) is 5.11 Å². The highest BCUT2D eigenvalue weighted by Crippen LogP contribution is 2.17. The number of urea groups is 1. The van der Waals surface area contributed by atoms with Crippen LogP contribution in [0.1, 0.15) is 35.0 Å². The minimum atomic E-state index is -1.13. The number of carboxylic acids is 1. The van der Waals surface area contributed by atoms with Gasteiger partial charge < -0.3 is 25.7 Å². The molecule has 2 amide bonds. The van der Waals surface area contributed by atoms with E-state index in [9.17, 15) is 9.59 Å². The zero-order valence-corrected chi connectivity index (χ0v) is 11.0. The number of carbonyl (C=O) groups excluding carboxylic acids is 1. The smallest absolute Gasteiger partial charge is 0.354 e. The van der Waals surface area contributed by atoms with Crippen molar-refractivity contribution in [2.75, 3.05) is 5.32 Å². The average molecular weight is 277 g/mol. The van der Waals surface area contributed by atoms with E-state index in [-0.39, 0.29) is 17.4 Å². The first-order chi connectivity index (χ1) is 9.47. The number of aryl methyl sites for hydroxylation is 1. The molecule has 1 atom stereocenters. The monoisotopic (exact) mass is 277 g/mol. The highest BCUT2D eigenvalue weighted by atomic mass is 16.4. The van der Waals surface area contributed by atoms with Crippen molar-refractivity contribution in [3.05, 3.63) is 35.7 Å². The number of carboxylic acid groups (broad SMARTS) is 1. The molecule has 2 rings (SSSR count). The molecule has 2 heterocycles. The van der Waals surface area contributed by atoms with Crippen LogP contribution in [0, 0.1) is 6.92 Å². The van der Waals surface area contributed by atoms with Crippen LogP contribution in [0.25, 0.3) is 0 Å². The number of nitrogens with one attached hydrogen (secondary N) is 4. The minimum absolute atomic E-state index is 0.0525. The summed E-state index contributed by atoms with van der Waals surface area (Å²) < 4.78 is 0. The van der Waals surface area contributed by atoms with Crippen LogP contribution in [0.4, 0.5) is 10.5 Å². The molecule has 0 saturated heterocycles. The fraction of sp³-hybridized carbons (Fsp3) is 0.250. The molecule has 0 spiro atoms. The van der Waals surface area contributed by atoms with E-state index < -0.39 is 12.0 Å². The van der Waals surface area contributed by atoms with E-state index in [0.29, 0.717) is 11.5 Å². The molecule has 0 aliphatic rings. The number of aromatic carboxylic acids is 1. The van der Waals surface area contributed by atoms with Gasteiger partial charge in [-0.05, 0) is 19.9 Å². The Bertz CT molecular complexity index is 617. The van der Waals surface area contributed by atoms with E-state index in [1.54, 1.807) is 32.3 Å². The predicted molar refractivity (Wildman–Crippen MR) is 71.6 cm³/mol. The maximum absolute atomic E-state index is 11.8. The second kappa shape index (κ2) is 5.47. The van der Waals surface area contributed by atoms with Crippen LogP contribution in [-0.4, -0.2) is 32.1 Å². The fourth-order valence-corrected chi connectivity index (χ4v) is 1.79. The van der Waals surface area contributed by atoms with Gasteiger partial charge in [-0.15, -0.1) is 0 Å². The van der Waals surface area contributed by atoms with E-state index in [2.05, 4.69) is 25.6 Å². The summed E-state index contributed by atoms with van der Waals surface area (Å²) in [5.41, 5.74) is 0.819. The number of hydrogen-bond acceptors (Lipinski definition) is 3. The lowest BCUT2D eigenvalue weighted by Gasteiger charge is -2.12. The number of rotatable bonds is 4. The molecular weight excluding hydrogens is 262 g/mol. The van der Waals surface area contributed by atoms with Gasteiger partial charge in [0.05, 0.1) is 11.7 Å². The van der Waals surface area contributed by atoms with Crippen molar-refractivity contribution in [1.82, 2.24) is 20.3 Å². The molecule has 2 aromatic heterocycles. The summed E-state index contributed by atoms with van der Waals surface area (Å²) >= 11 is 0. The Hall–Kier alpha value is -2.77. The molecule has 8 heteroatoms. The maximum atomic E-state index is 11.8. The lowest BCUT2D eigenvalue weighted by Crippen LogP contribution is -2.32. The average Bonchev–Trinajstić information content (AvgIpc) is 2.98. The van der Waals surface area contributed by atoms with Crippen LogP contribution in [0.2, 0.25) is 0 Å². The van der Waals surface area contributed by atoms with Gasteiger partial charge in [-0.2, -0.15) is 0 Å². The summed E-state index contributed by atoms with van der Waals surface area (Å²) in [4.78, 5) is 32.4. The van der Waals surface area contributed by atoms with E-state index in [0.717, 1.165) is 0 Å². The van der Waals surface area contributed by atoms with Crippen molar-refractivity contribution in [2.24, 2.45) is 0 Å². The van der Waals surface area contributed by atoms with Crippen LogP contribution in [0.3, 0.4) is 0 Å². The molecule has 0 saturated carbocycles. The number of amides is 2. The first-order valence-electron chi connectivity index (χ1n) is 5.97. The molecule has 0 aliphatic heterocycles. The zero-order valence-electron chi connectivity index (χ0n) is 11.0. The molecule has 0 fully saturated rings. The number of anilines is 1. The third kappa shape index (κ3) is 2.97. The van der Waals surface area contributed by atoms with Crippen LogP contribution < -0.4 is 10.6 Å². The molecule has 5 N–H and O–H groups in total. The Morgan fingerprint density at radius 3 is 2.80 bits per heavy atom. The normalized spacial score (nSPS) is 11.9. The zero-order chi connectivity index (χ0) is 14.7. The van der Waals surface area contributed by atoms with Gasteiger partial charge in [0.25, 0.3) is 0 Å². The Morgan fingerprint density at radius 1 is 1.45 bits per heavy atom. The van der Waals surface area contributed by atoms with Gasteiger partial charge in [0.1, 0.15) is 11.5 Å². The number of nitrogens with zero attached hydrogens (tertiary/aromatic N) is 1. The molecule has 0 radical (unpaired) electrons. The first kappa shape index (κ1) is 13.7. The molecule has 2 aromatic rings. The maximum Gasteiger partial charge on any atom is 0.354 e. The number of imidazole rings is 1.